The van der Waals surface area contributed by atoms with Crippen LogP contribution in [0.15, 0.2) is 12.1 Å². The van der Waals surface area contributed by atoms with Crippen molar-refractivity contribution in [1.29, 1.82) is 0 Å². The van der Waals surface area contributed by atoms with E-state index in [4.69, 9.17) is 4.74 Å². The topological polar surface area (TPSA) is 37.4 Å². The van der Waals surface area contributed by atoms with Gasteiger partial charge in [0.1, 0.15) is 5.82 Å². The summed E-state index contributed by atoms with van der Waals surface area (Å²) in [4.78, 5) is 6.80. The van der Waals surface area contributed by atoms with Gasteiger partial charge in [-0.3, -0.25) is 0 Å². The molecule has 1 aliphatic rings. The molecule has 1 aromatic rings. The fourth-order valence-electron chi connectivity index (χ4n) is 2.41. The van der Waals surface area contributed by atoms with Gasteiger partial charge in [0.05, 0.1) is 6.10 Å². The molecule has 1 fully saturated rings. The molecular weight excluding hydrogens is 226 g/mol. The molecule has 1 N–H and O–H groups in total. The van der Waals surface area contributed by atoms with E-state index in [0.717, 1.165) is 31.2 Å². The maximum Gasteiger partial charge on any atom is 0.128 e. The second kappa shape index (κ2) is 6.16. The van der Waals surface area contributed by atoms with Crippen molar-refractivity contribution in [2.24, 2.45) is 0 Å². The zero-order chi connectivity index (χ0) is 13.0. The molecule has 1 saturated heterocycles. The SMILES string of the molecule is CNCc1cc(C)nc(N(C)CC2CCCO2)c1. The van der Waals surface area contributed by atoms with Gasteiger partial charge in [-0.15, -0.1) is 0 Å². The third kappa shape index (κ3) is 3.43. The smallest absolute Gasteiger partial charge is 0.128 e. The van der Waals surface area contributed by atoms with Crippen LogP contribution in [0, 0.1) is 6.92 Å². The Kier molecular flexibility index (Phi) is 4.55. The summed E-state index contributed by atoms with van der Waals surface area (Å²) in [6.07, 6.45) is 2.72. The van der Waals surface area contributed by atoms with E-state index in [0.29, 0.717) is 6.10 Å². The zero-order valence-corrected chi connectivity index (χ0v) is 11.6. The Morgan fingerprint density at radius 2 is 2.33 bits per heavy atom. The second-order valence-corrected chi connectivity index (χ2v) is 5.02. The van der Waals surface area contributed by atoms with E-state index in [9.17, 15) is 0 Å². The summed E-state index contributed by atoms with van der Waals surface area (Å²) in [5, 5.41) is 3.18. The van der Waals surface area contributed by atoms with Gasteiger partial charge in [-0.05, 0) is 44.5 Å². The van der Waals surface area contributed by atoms with E-state index in [-0.39, 0.29) is 0 Å². The van der Waals surface area contributed by atoms with Gasteiger partial charge in [0.25, 0.3) is 0 Å². The molecule has 2 rings (SSSR count). The van der Waals surface area contributed by atoms with Crippen LogP contribution in [-0.4, -0.2) is 38.3 Å². The second-order valence-electron chi connectivity index (χ2n) is 5.02. The summed E-state index contributed by atoms with van der Waals surface area (Å²) in [6.45, 7) is 4.76. The van der Waals surface area contributed by atoms with Crippen molar-refractivity contribution in [2.75, 3.05) is 32.1 Å². The Labute approximate surface area is 109 Å². The minimum Gasteiger partial charge on any atom is -0.376 e. The standard InChI is InChI=1S/C14H23N3O/c1-11-7-12(9-15-2)8-14(16-11)17(3)10-13-5-4-6-18-13/h7-8,13,15H,4-6,9-10H2,1-3H3. The lowest BCUT2D eigenvalue weighted by atomic mass is 10.2. The van der Waals surface area contributed by atoms with Gasteiger partial charge in [0.2, 0.25) is 0 Å². The number of nitrogens with one attached hydrogen (secondary N) is 1. The Morgan fingerprint density at radius 3 is 3.00 bits per heavy atom. The van der Waals surface area contributed by atoms with Gasteiger partial charge < -0.3 is 15.0 Å². The molecule has 4 nitrogen and oxygen atoms in total. The molecule has 0 saturated carbocycles. The highest BCUT2D eigenvalue weighted by Gasteiger charge is 2.18. The van der Waals surface area contributed by atoms with Crippen molar-refractivity contribution in [3.63, 3.8) is 0 Å². The number of ether oxygens (including phenoxy) is 1. The van der Waals surface area contributed by atoms with E-state index >= 15 is 0 Å². The van der Waals surface area contributed by atoms with Crippen LogP contribution in [0.3, 0.4) is 0 Å². The van der Waals surface area contributed by atoms with Crippen molar-refractivity contribution < 1.29 is 4.74 Å². The van der Waals surface area contributed by atoms with Gasteiger partial charge >= 0.3 is 0 Å². The van der Waals surface area contributed by atoms with Crippen molar-refractivity contribution in [3.8, 4) is 0 Å². The zero-order valence-electron chi connectivity index (χ0n) is 11.6. The maximum atomic E-state index is 5.67. The summed E-state index contributed by atoms with van der Waals surface area (Å²) in [7, 11) is 4.05. The van der Waals surface area contributed by atoms with E-state index in [1.807, 2.05) is 14.0 Å². The van der Waals surface area contributed by atoms with E-state index in [1.54, 1.807) is 0 Å². The minimum absolute atomic E-state index is 0.366. The van der Waals surface area contributed by atoms with Crippen molar-refractivity contribution in [1.82, 2.24) is 10.3 Å². The lowest BCUT2D eigenvalue weighted by molar-refractivity contribution is 0.116. The predicted octanol–water partition coefficient (Wildman–Crippen LogP) is 1.72. The first-order valence-corrected chi connectivity index (χ1v) is 6.64. The van der Waals surface area contributed by atoms with Crippen molar-refractivity contribution in [3.05, 3.63) is 23.4 Å². The van der Waals surface area contributed by atoms with Crippen LogP contribution in [0.1, 0.15) is 24.1 Å². The molecule has 0 bridgehead atoms. The molecule has 0 aliphatic carbocycles. The fourth-order valence-corrected chi connectivity index (χ4v) is 2.41. The number of rotatable bonds is 5. The Morgan fingerprint density at radius 1 is 1.50 bits per heavy atom. The molecule has 1 atom stereocenters. The molecule has 0 spiro atoms. The molecule has 1 unspecified atom stereocenters. The van der Waals surface area contributed by atoms with Gasteiger partial charge in [-0.2, -0.15) is 0 Å². The van der Waals surface area contributed by atoms with E-state index < -0.39 is 0 Å². The molecule has 1 aromatic heterocycles. The van der Waals surface area contributed by atoms with Crippen LogP contribution >= 0.6 is 0 Å². The summed E-state index contributed by atoms with van der Waals surface area (Å²) in [5.41, 5.74) is 2.34. The quantitative estimate of drug-likeness (QED) is 0.862. The normalized spacial score (nSPS) is 19.2. The largest absolute Gasteiger partial charge is 0.376 e. The third-order valence-corrected chi connectivity index (χ3v) is 3.27. The Bertz CT molecular complexity index is 389. The van der Waals surface area contributed by atoms with Crippen molar-refractivity contribution >= 4 is 5.82 Å². The van der Waals surface area contributed by atoms with Crippen LogP contribution in [-0.2, 0) is 11.3 Å². The molecular formula is C14H23N3O. The van der Waals surface area contributed by atoms with E-state index in [2.05, 4.69) is 34.4 Å². The number of likely N-dealkylation sites (N-methyl/N-ethyl adjacent to an activating group) is 1. The number of nitrogens with zero attached hydrogens (tertiary/aromatic N) is 2. The average Bonchev–Trinajstić information content (AvgIpc) is 2.81. The molecule has 100 valence electrons. The average molecular weight is 249 g/mol. The summed E-state index contributed by atoms with van der Waals surface area (Å²) >= 11 is 0. The van der Waals surface area contributed by atoms with Crippen LogP contribution in [0.4, 0.5) is 5.82 Å². The third-order valence-electron chi connectivity index (χ3n) is 3.27. The van der Waals surface area contributed by atoms with Crippen LogP contribution in [0.5, 0.6) is 0 Å². The molecule has 2 heterocycles. The molecule has 0 amide bonds. The van der Waals surface area contributed by atoms with E-state index in [1.165, 1.54) is 18.4 Å². The first-order valence-electron chi connectivity index (χ1n) is 6.64. The maximum absolute atomic E-state index is 5.67. The Balaban J connectivity index is 2.05. The lowest BCUT2D eigenvalue weighted by Gasteiger charge is -2.22. The first-order chi connectivity index (χ1) is 8.69. The summed E-state index contributed by atoms with van der Waals surface area (Å²) in [6, 6.07) is 4.28. The summed E-state index contributed by atoms with van der Waals surface area (Å²) < 4.78 is 5.67. The van der Waals surface area contributed by atoms with Crippen LogP contribution in [0.2, 0.25) is 0 Å². The first kappa shape index (κ1) is 13.3. The molecule has 0 aromatic carbocycles. The predicted molar refractivity (Wildman–Crippen MR) is 74.0 cm³/mol. The molecule has 4 heteroatoms. The molecule has 0 radical (unpaired) electrons. The van der Waals surface area contributed by atoms with Gasteiger partial charge in [-0.25, -0.2) is 4.98 Å². The van der Waals surface area contributed by atoms with Gasteiger partial charge in [0.15, 0.2) is 0 Å². The highest BCUT2D eigenvalue weighted by Crippen LogP contribution is 2.18. The Hall–Kier alpha value is -1.13. The lowest BCUT2D eigenvalue weighted by Crippen LogP contribution is -2.29. The highest BCUT2D eigenvalue weighted by atomic mass is 16.5. The number of hydrogen-bond acceptors (Lipinski definition) is 4. The number of pyridine rings is 1. The molecule has 1 aliphatic heterocycles. The number of aromatic nitrogens is 1. The summed E-state index contributed by atoms with van der Waals surface area (Å²) in [5.74, 6) is 1.04. The monoisotopic (exact) mass is 249 g/mol. The van der Waals surface area contributed by atoms with Crippen molar-refractivity contribution in [2.45, 2.75) is 32.4 Å². The minimum atomic E-state index is 0.366. The van der Waals surface area contributed by atoms with Crippen LogP contribution < -0.4 is 10.2 Å². The fraction of sp³-hybridized carbons (Fsp3) is 0.643. The number of aryl methyl sites for hydroxylation is 1. The highest BCUT2D eigenvalue weighted by molar-refractivity contribution is 5.42. The molecule has 18 heavy (non-hydrogen) atoms. The number of hydrogen-bond donors (Lipinski definition) is 1. The number of anilines is 1. The van der Waals surface area contributed by atoms with Gasteiger partial charge in [-0.1, -0.05) is 0 Å². The van der Waals surface area contributed by atoms with Crippen LogP contribution in [0.25, 0.3) is 0 Å². The van der Waals surface area contributed by atoms with Gasteiger partial charge in [0, 0.05) is 32.4 Å².